The number of alkyl halides is 3. The number of rotatable bonds is 2. The van der Waals surface area contributed by atoms with Gasteiger partial charge < -0.3 is 4.74 Å². The van der Waals surface area contributed by atoms with E-state index in [2.05, 4.69) is 15.9 Å². The average Bonchev–Trinajstić information content (AvgIpc) is 2.53. The molecule has 0 radical (unpaired) electrons. The SMILES string of the molecule is C#CC1(C)OC(=O)N1c1ccc(-c2cncc(F)c2)nc1C(F)(F)F. The molecule has 0 aromatic carbocycles. The molecule has 1 aliphatic heterocycles. The number of ether oxygens (including phenoxy) is 1. The van der Waals surface area contributed by atoms with Crippen molar-refractivity contribution in [1.82, 2.24) is 9.97 Å². The molecule has 0 aliphatic carbocycles. The molecule has 5 nitrogen and oxygen atoms in total. The van der Waals surface area contributed by atoms with E-state index in [4.69, 9.17) is 11.2 Å². The number of carbonyl (C=O) groups excluding carboxylic acids is 1. The fourth-order valence-electron chi connectivity index (χ4n) is 2.37. The van der Waals surface area contributed by atoms with Gasteiger partial charge in [-0.05, 0) is 24.1 Å². The lowest BCUT2D eigenvalue weighted by molar-refractivity contribution is -0.140. The van der Waals surface area contributed by atoms with Gasteiger partial charge in [0.15, 0.2) is 5.69 Å². The molecule has 9 heteroatoms. The molecule has 1 amide bonds. The van der Waals surface area contributed by atoms with Crippen molar-refractivity contribution in [3.8, 4) is 23.6 Å². The first-order chi connectivity index (χ1) is 11.7. The Kier molecular flexibility index (Phi) is 3.64. The van der Waals surface area contributed by atoms with Crippen molar-refractivity contribution in [3.05, 3.63) is 42.1 Å². The maximum Gasteiger partial charge on any atom is 0.435 e. The second-order valence-electron chi connectivity index (χ2n) is 5.28. The Balaban J connectivity index is 2.15. The fraction of sp³-hybridized carbons (Fsp3) is 0.188. The molecule has 0 bridgehead atoms. The smallest absolute Gasteiger partial charge is 0.410 e. The summed E-state index contributed by atoms with van der Waals surface area (Å²) in [5.41, 5.74) is -3.62. The van der Waals surface area contributed by atoms with Crippen LogP contribution in [0.1, 0.15) is 12.6 Å². The second kappa shape index (κ2) is 5.44. The second-order valence-corrected chi connectivity index (χ2v) is 5.28. The number of pyridine rings is 2. The molecular weight excluding hydrogens is 342 g/mol. The van der Waals surface area contributed by atoms with Crippen molar-refractivity contribution >= 4 is 11.8 Å². The molecule has 128 valence electrons. The van der Waals surface area contributed by atoms with Crippen LogP contribution in [0, 0.1) is 18.2 Å². The molecule has 1 fully saturated rings. The van der Waals surface area contributed by atoms with Crippen LogP contribution in [0.15, 0.2) is 30.6 Å². The van der Waals surface area contributed by atoms with Crippen LogP contribution >= 0.6 is 0 Å². The highest BCUT2D eigenvalue weighted by Gasteiger charge is 2.53. The van der Waals surface area contributed by atoms with Crippen molar-refractivity contribution in [1.29, 1.82) is 0 Å². The lowest BCUT2D eigenvalue weighted by Crippen LogP contribution is -2.63. The summed E-state index contributed by atoms with van der Waals surface area (Å²) in [4.78, 5) is 19.4. The van der Waals surface area contributed by atoms with Crippen molar-refractivity contribution in [3.63, 3.8) is 0 Å². The zero-order valence-corrected chi connectivity index (χ0v) is 12.6. The molecule has 1 saturated heterocycles. The molecule has 2 aromatic heterocycles. The molecule has 3 heterocycles. The summed E-state index contributed by atoms with van der Waals surface area (Å²) in [5.74, 6) is 1.40. The zero-order chi connectivity index (χ0) is 18.4. The van der Waals surface area contributed by atoms with Crippen LogP contribution in [0.5, 0.6) is 0 Å². The summed E-state index contributed by atoms with van der Waals surface area (Å²) in [6, 6.07) is 3.24. The number of halogens is 4. The number of hydrogen-bond acceptors (Lipinski definition) is 4. The summed E-state index contributed by atoms with van der Waals surface area (Å²) in [6.07, 6.45) is 1.43. The van der Waals surface area contributed by atoms with E-state index in [0.717, 1.165) is 18.3 Å². The molecule has 1 unspecified atom stereocenters. The van der Waals surface area contributed by atoms with E-state index < -0.39 is 35.2 Å². The summed E-state index contributed by atoms with van der Waals surface area (Å²) >= 11 is 0. The number of hydrogen-bond donors (Lipinski definition) is 0. The maximum atomic E-state index is 13.4. The minimum atomic E-state index is -4.88. The zero-order valence-electron chi connectivity index (χ0n) is 12.6. The van der Waals surface area contributed by atoms with Crippen LogP contribution in [0.4, 0.5) is 28.0 Å². The monoisotopic (exact) mass is 351 g/mol. The quantitative estimate of drug-likeness (QED) is 0.613. The van der Waals surface area contributed by atoms with Crippen LogP contribution in [0.2, 0.25) is 0 Å². The van der Waals surface area contributed by atoms with E-state index in [-0.39, 0.29) is 11.3 Å². The number of anilines is 1. The summed E-state index contributed by atoms with van der Waals surface area (Å²) in [7, 11) is 0. The first-order valence-electron chi connectivity index (χ1n) is 6.86. The molecule has 0 N–H and O–H groups in total. The van der Waals surface area contributed by atoms with Gasteiger partial charge in [0.05, 0.1) is 17.6 Å². The third kappa shape index (κ3) is 2.76. The van der Waals surface area contributed by atoms with Gasteiger partial charge in [-0.25, -0.2) is 19.1 Å². The van der Waals surface area contributed by atoms with E-state index in [1.54, 1.807) is 0 Å². The first kappa shape index (κ1) is 16.7. The maximum absolute atomic E-state index is 13.4. The molecule has 2 aromatic rings. The molecule has 3 rings (SSSR count). The van der Waals surface area contributed by atoms with E-state index >= 15 is 0 Å². The lowest BCUT2D eigenvalue weighted by Gasteiger charge is -2.45. The third-order valence-corrected chi connectivity index (χ3v) is 3.55. The Bertz CT molecular complexity index is 907. The van der Waals surface area contributed by atoms with Crippen LogP contribution in [0.3, 0.4) is 0 Å². The molecule has 0 spiro atoms. The van der Waals surface area contributed by atoms with Crippen LogP contribution < -0.4 is 4.90 Å². The first-order valence-corrected chi connectivity index (χ1v) is 6.86. The third-order valence-electron chi connectivity index (χ3n) is 3.55. The van der Waals surface area contributed by atoms with Gasteiger partial charge in [0, 0.05) is 18.7 Å². The minimum Gasteiger partial charge on any atom is -0.410 e. The highest BCUT2D eigenvalue weighted by molar-refractivity contribution is 5.96. The van der Waals surface area contributed by atoms with Gasteiger partial charge in [0.1, 0.15) is 5.82 Å². The van der Waals surface area contributed by atoms with Gasteiger partial charge in [-0.2, -0.15) is 13.2 Å². The summed E-state index contributed by atoms with van der Waals surface area (Å²) < 4.78 is 58.3. The standard InChI is InChI=1S/C16H9F4N3O2/c1-3-15(2)23(14(24)25-15)12-5-4-11(22-13(12)16(18,19)20)9-6-10(17)8-21-7-9/h1,4-8H,2H3. The Labute approximate surface area is 139 Å². The van der Waals surface area contributed by atoms with Gasteiger partial charge in [0.2, 0.25) is 0 Å². The molecule has 1 atom stereocenters. The van der Waals surface area contributed by atoms with Crippen LogP contribution in [-0.2, 0) is 10.9 Å². The molecule has 1 aliphatic rings. The Morgan fingerprint density at radius 3 is 2.60 bits per heavy atom. The number of cyclic esters (lactones) is 1. The molecular formula is C16H9F4N3O2. The fourth-order valence-corrected chi connectivity index (χ4v) is 2.37. The van der Waals surface area contributed by atoms with Gasteiger partial charge in [-0.15, -0.1) is 6.42 Å². The largest absolute Gasteiger partial charge is 0.435 e. The van der Waals surface area contributed by atoms with Crippen molar-refractivity contribution in [2.24, 2.45) is 0 Å². The lowest BCUT2D eigenvalue weighted by atomic mass is 10.1. The topological polar surface area (TPSA) is 55.3 Å². The van der Waals surface area contributed by atoms with E-state index in [9.17, 15) is 22.4 Å². The van der Waals surface area contributed by atoms with E-state index in [1.807, 2.05) is 0 Å². The molecule has 25 heavy (non-hydrogen) atoms. The van der Waals surface area contributed by atoms with Gasteiger partial charge in [-0.1, -0.05) is 0 Å². The Morgan fingerprint density at radius 1 is 1.32 bits per heavy atom. The number of aromatic nitrogens is 2. The van der Waals surface area contributed by atoms with Crippen LogP contribution in [0.25, 0.3) is 11.3 Å². The van der Waals surface area contributed by atoms with Crippen LogP contribution in [-0.4, -0.2) is 21.8 Å². The Morgan fingerprint density at radius 2 is 2.04 bits per heavy atom. The average molecular weight is 351 g/mol. The predicted molar refractivity (Wildman–Crippen MR) is 78.6 cm³/mol. The Hall–Kier alpha value is -3.15. The normalized spacial score (nSPS) is 19.8. The number of terminal acetylenes is 1. The summed E-state index contributed by atoms with van der Waals surface area (Å²) in [5, 5.41) is 0. The van der Waals surface area contributed by atoms with Crippen molar-refractivity contribution < 1.29 is 27.1 Å². The van der Waals surface area contributed by atoms with Crippen molar-refractivity contribution in [2.45, 2.75) is 18.8 Å². The van der Waals surface area contributed by atoms with Crippen molar-refractivity contribution in [2.75, 3.05) is 4.90 Å². The minimum absolute atomic E-state index is 0.0583. The van der Waals surface area contributed by atoms with E-state index in [0.29, 0.717) is 4.90 Å². The van der Waals surface area contributed by atoms with Gasteiger partial charge in [0.25, 0.3) is 5.72 Å². The number of amides is 1. The van der Waals surface area contributed by atoms with Gasteiger partial charge >= 0.3 is 12.3 Å². The number of carbonyl (C=O) groups is 1. The highest BCUT2D eigenvalue weighted by Crippen LogP contribution is 2.42. The predicted octanol–water partition coefficient (Wildman–Crippen LogP) is 3.61. The summed E-state index contributed by atoms with van der Waals surface area (Å²) in [6.45, 7) is 1.28. The molecule has 0 saturated carbocycles. The number of nitrogens with zero attached hydrogens (tertiary/aromatic N) is 3. The van der Waals surface area contributed by atoms with Gasteiger partial charge in [-0.3, -0.25) is 4.98 Å². The highest BCUT2D eigenvalue weighted by atomic mass is 19.4. The van der Waals surface area contributed by atoms with E-state index in [1.165, 1.54) is 19.2 Å².